The molecule has 1 fully saturated rings. The van der Waals surface area contributed by atoms with Crippen molar-refractivity contribution in [2.24, 2.45) is 0 Å². The third kappa shape index (κ3) is 4.94. The van der Waals surface area contributed by atoms with Crippen LogP contribution in [0.1, 0.15) is 50.9 Å². The highest BCUT2D eigenvalue weighted by Gasteiger charge is 2.30. The molecule has 1 aromatic carbocycles. The van der Waals surface area contributed by atoms with Gasteiger partial charge in [-0.05, 0) is 51.3 Å². The van der Waals surface area contributed by atoms with Crippen LogP contribution in [0.5, 0.6) is 5.75 Å². The number of H-pyrrole nitrogens is 1. The van der Waals surface area contributed by atoms with E-state index in [4.69, 9.17) is 19.3 Å². The minimum absolute atomic E-state index is 0.0856. The number of nitrogens with one attached hydrogen (secondary N) is 1. The van der Waals surface area contributed by atoms with Crippen molar-refractivity contribution in [1.82, 2.24) is 19.5 Å². The Labute approximate surface area is 198 Å². The summed E-state index contributed by atoms with van der Waals surface area (Å²) in [5.41, 5.74) is 3.23. The topological polar surface area (TPSA) is 98.2 Å². The minimum Gasteiger partial charge on any atom is -0.497 e. The highest BCUT2D eigenvalue weighted by atomic mass is 16.6. The minimum atomic E-state index is -0.530. The van der Waals surface area contributed by atoms with Gasteiger partial charge < -0.3 is 24.1 Å². The fourth-order valence-electron chi connectivity index (χ4n) is 4.39. The van der Waals surface area contributed by atoms with Crippen molar-refractivity contribution in [2.45, 2.75) is 51.7 Å². The number of nitrogens with zero attached hydrogens (tertiary/aromatic N) is 3. The summed E-state index contributed by atoms with van der Waals surface area (Å²) in [6.07, 6.45) is 1.13. The van der Waals surface area contributed by atoms with Gasteiger partial charge in [0.05, 0.1) is 30.7 Å². The number of ether oxygens (including phenoxy) is 3. The quantitative estimate of drug-likeness (QED) is 0.609. The molecule has 1 aliphatic rings. The van der Waals surface area contributed by atoms with Gasteiger partial charge in [0.1, 0.15) is 17.0 Å². The van der Waals surface area contributed by atoms with Crippen LogP contribution in [0.25, 0.3) is 16.8 Å². The van der Waals surface area contributed by atoms with E-state index in [1.165, 1.54) is 0 Å². The summed E-state index contributed by atoms with van der Waals surface area (Å²) in [5.74, 6) is 0.835. The molecule has 9 heteroatoms. The third-order valence-corrected chi connectivity index (χ3v) is 5.95. The van der Waals surface area contributed by atoms with Crippen molar-refractivity contribution in [3.05, 3.63) is 52.1 Å². The first-order chi connectivity index (χ1) is 16.2. The van der Waals surface area contributed by atoms with Gasteiger partial charge in [-0.2, -0.15) is 5.10 Å². The molecule has 1 saturated heterocycles. The van der Waals surface area contributed by atoms with Gasteiger partial charge in [0.25, 0.3) is 5.56 Å². The molecule has 1 amide bonds. The van der Waals surface area contributed by atoms with E-state index >= 15 is 0 Å². The molecule has 4 rings (SSSR count). The molecular formula is C25H32N4O5. The molecular weight excluding hydrogens is 436 g/mol. The Morgan fingerprint density at radius 3 is 2.41 bits per heavy atom. The number of benzene rings is 1. The average molecular weight is 469 g/mol. The molecule has 1 N–H and O–H groups in total. The van der Waals surface area contributed by atoms with E-state index in [9.17, 15) is 9.59 Å². The van der Waals surface area contributed by atoms with Crippen molar-refractivity contribution in [1.29, 1.82) is 0 Å². The zero-order chi connectivity index (χ0) is 24.5. The highest BCUT2D eigenvalue weighted by Crippen LogP contribution is 2.33. The number of fused-ring (bicyclic) bond motifs is 1. The molecule has 3 heterocycles. The van der Waals surface area contributed by atoms with Gasteiger partial charge in [-0.25, -0.2) is 9.31 Å². The van der Waals surface area contributed by atoms with Gasteiger partial charge in [-0.1, -0.05) is 12.1 Å². The van der Waals surface area contributed by atoms with Gasteiger partial charge in [0.15, 0.2) is 0 Å². The molecule has 0 bridgehead atoms. The Bertz CT molecular complexity index is 1220. The number of rotatable bonds is 5. The second-order valence-electron chi connectivity index (χ2n) is 9.54. The maximum absolute atomic E-state index is 12.7. The van der Waals surface area contributed by atoms with Crippen LogP contribution in [-0.4, -0.2) is 58.5 Å². The van der Waals surface area contributed by atoms with Crippen LogP contribution in [0, 0.1) is 0 Å². The predicted molar refractivity (Wildman–Crippen MR) is 128 cm³/mol. The number of piperidine rings is 1. The Morgan fingerprint density at radius 2 is 1.82 bits per heavy atom. The number of carbonyl (C=O) groups is 1. The van der Waals surface area contributed by atoms with Crippen molar-refractivity contribution in [2.75, 3.05) is 27.3 Å². The number of likely N-dealkylation sites (tertiary alicyclic amines) is 1. The summed E-state index contributed by atoms with van der Waals surface area (Å²) in [6.45, 7) is 7.01. The van der Waals surface area contributed by atoms with Gasteiger partial charge in [-0.3, -0.25) is 4.79 Å². The van der Waals surface area contributed by atoms with Gasteiger partial charge in [-0.15, -0.1) is 0 Å². The van der Waals surface area contributed by atoms with E-state index in [1.807, 2.05) is 49.6 Å². The molecule has 3 aromatic rings. The first-order valence-corrected chi connectivity index (χ1v) is 11.5. The fraction of sp³-hybridized carbons (Fsp3) is 0.480. The van der Waals surface area contributed by atoms with Crippen LogP contribution < -0.4 is 10.3 Å². The molecule has 0 unspecified atom stereocenters. The van der Waals surface area contributed by atoms with Gasteiger partial charge >= 0.3 is 6.09 Å². The van der Waals surface area contributed by atoms with Crippen LogP contribution in [0.4, 0.5) is 4.79 Å². The second-order valence-corrected chi connectivity index (χ2v) is 9.54. The number of aromatic amines is 1. The second kappa shape index (κ2) is 9.50. The van der Waals surface area contributed by atoms with E-state index in [-0.39, 0.29) is 17.6 Å². The van der Waals surface area contributed by atoms with E-state index in [1.54, 1.807) is 25.2 Å². The molecule has 2 aromatic heterocycles. The number of hydrogen-bond donors (Lipinski definition) is 1. The Hall–Kier alpha value is -3.33. The molecule has 182 valence electrons. The summed E-state index contributed by atoms with van der Waals surface area (Å²) in [5, 5.41) is 4.83. The first-order valence-electron chi connectivity index (χ1n) is 11.5. The van der Waals surface area contributed by atoms with E-state index in [0.717, 1.165) is 41.1 Å². The number of methoxy groups -OCH3 is 2. The molecule has 1 aliphatic heterocycles. The Morgan fingerprint density at radius 1 is 1.15 bits per heavy atom. The standard InChI is InChI=1S/C25H32N4O5/c1-25(2,3)34-24(31)28-12-10-16(11-13-28)20-14-21(30)26-23-22(19(15-32-4)27-29(20)23)17-6-8-18(33-5)9-7-17/h6-9,14,16H,10-13,15H2,1-5H3,(H,26,30). The lowest BCUT2D eigenvalue weighted by Crippen LogP contribution is -2.41. The van der Waals surface area contributed by atoms with Gasteiger partial charge in [0.2, 0.25) is 0 Å². The monoisotopic (exact) mass is 468 g/mol. The smallest absolute Gasteiger partial charge is 0.410 e. The SMILES string of the molecule is COCc1nn2c(C3CCN(C(=O)OC(C)(C)C)CC3)cc(=O)[nH]c2c1-c1ccc(OC)cc1. The van der Waals surface area contributed by atoms with Crippen molar-refractivity contribution in [3.63, 3.8) is 0 Å². The molecule has 0 saturated carbocycles. The van der Waals surface area contributed by atoms with Gasteiger partial charge in [0, 0.05) is 32.2 Å². The molecule has 0 atom stereocenters. The lowest BCUT2D eigenvalue weighted by atomic mass is 9.93. The van der Waals surface area contributed by atoms with Crippen molar-refractivity contribution in [3.8, 4) is 16.9 Å². The summed E-state index contributed by atoms with van der Waals surface area (Å²) in [4.78, 5) is 29.8. The molecule has 0 aliphatic carbocycles. The fourth-order valence-corrected chi connectivity index (χ4v) is 4.39. The zero-order valence-corrected chi connectivity index (χ0v) is 20.4. The Kier molecular flexibility index (Phi) is 6.65. The molecule has 0 radical (unpaired) electrons. The first kappa shape index (κ1) is 23.8. The zero-order valence-electron chi connectivity index (χ0n) is 20.4. The van der Waals surface area contributed by atoms with E-state index in [2.05, 4.69) is 4.98 Å². The highest BCUT2D eigenvalue weighted by molar-refractivity contribution is 5.80. The normalized spacial score (nSPS) is 15.0. The number of amides is 1. The van der Waals surface area contributed by atoms with Crippen LogP contribution in [0.2, 0.25) is 0 Å². The van der Waals surface area contributed by atoms with Crippen LogP contribution in [0.15, 0.2) is 35.1 Å². The average Bonchev–Trinajstić information content (AvgIpc) is 3.15. The van der Waals surface area contributed by atoms with Crippen LogP contribution >= 0.6 is 0 Å². The summed E-state index contributed by atoms with van der Waals surface area (Å²) in [6, 6.07) is 9.26. The van der Waals surface area contributed by atoms with Crippen molar-refractivity contribution < 1.29 is 19.0 Å². The predicted octanol–water partition coefficient (Wildman–Crippen LogP) is 3.96. The summed E-state index contributed by atoms with van der Waals surface area (Å²) >= 11 is 0. The molecule has 9 nitrogen and oxygen atoms in total. The summed E-state index contributed by atoms with van der Waals surface area (Å²) in [7, 11) is 3.25. The lowest BCUT2D eigenvalue weighted by molar-refractivity contribution is 0.0203. The van der Waals surface area contributed by atoms with E-state index < -0.39 is 5.60 Å². The van der Waals surface area contributed by atoms with Crippen LogP contribution in [0.3, 0.4) is 0 Å². The van der Waals surface area contributed by atoms with Crippen molar-refractivity contribution >= 4 is 11.7 Å². The van der Waals surface area contributed by atoms with Crippen LogP contribution in [-0.2, 0) is 16.1 Å². The number of hydrogen-bond acceptors (Lipinski definition) is 6. The number of carbonyl (C=O) groups excluding carboxylic acids is 1. The largest absolute Gasteiger partial charge is 0.497 e. The third-order valence-electron chi connectivity index (χ3n) is 5.95. The molecule has 0 spiro atoms. The Balaban J connectivity index is 1.68. The van der Waals surface area contributed by atoms with E-state index in [0.29, 0.717) is 25.3 Å². The number of aromatic nitrogens is 3. The molecule has 34 heavy (non-hydrogen) atoms. The maximum Gasteiger partial charge on any atom is 0.410 e. The maximum atomic E-state index is 12.7. The summed E-state index contributed by atoms with van der Waals surface area (Å²) < 4.78 is 18.0. The lowest BCUT2D eigenvalue weighted by Gasteiger charge is -2.33.